The molecule has 1 saturated heterocycles. The number of carbonyl (C=O) groups is 1. The Kier molecular flexibility index (Phi) is 4.10. The molecule has 0 spiro atoms. The highest BCUT2D eigenvalue weighted by atomic mass is 35.5. The molecule has 1 atom stereocenters. The number of alkyl halides is 1. The van der Waals surface area contributed by atoms with Crippen LogP contribution in [0.4, 0.5) is 5.82 Å². The zero-order valence-corrected chi connectivity index (χ0v) is 12.1. The van der Waals surface area contributed by atoms with Gasteiger partial charge in [0.05, 0.1) is 17.5 Å². The topological polar surface area (TPSA) is 67.3 Å². The molecule has 0 bridgehead atoms. The maximum atomic E-state index is 12.0. The van der Waals surface area contributed by atoms with Gasteiger partial charge in [-0.25, -0.2) is 13.4 Å². The fourth-order valence-electron chi connectivity index (χ4n) is 2.22. The molecule has 1 aliphatic rings. The summed E-state index contributed by atoms with van der Waals surface area (Å²) in [6.45, 7) is 1.82. The lowest BCUT2D eigenvalue weighted by atomic mass is 10.2. The number of halogens is 1. The zero-order valence-electron chi connectivity index (χ0n) is 10.5. The first-order valence-corrected chi connectivity index (χ1v) is 8.30. The Morgan fingerprint density at radius 3 is 2.79 bits per heavy atom. The number of anilines is 1. The maximum Gasteiger partial charge on any atom is 0.243 e. The third kappa shape index (κ3) is 3.25. The standard InChI is InChI=1S/C12H15ClN2O3S/c1-9-3-2-4-11(14-9)15(12(16)7-13)10-5-6-19(17,18)8-10/h2-4,10H,5-8H2,1H3/t10-/m1/s1. The zero-order chi connectivity index (χ0) is 14.0. The van der Waals surface area contributed by atoms with Gasteiger partial charge in [0.15, 0.2) is 9.84 Å². The minimum Gasteiger partial charge on any atom is -0.292 e. The highest BCUT2D eigenvalue weighted by Gasteiger charge is 2.35. The van der Waals surface area contributed by atoms with Gasteiger partial charge in [0.1, 0.15) is 11.7 Å². The van der Waals surface area contributed by atoms with Crippen molar-refractivity contribution in [3.05, 3.63) is 23.9 Å². The lowest BCUT2D eigenvalue weighted by Gasteiger charge is -2.26. The predicted octanol–water partition coefficient (Wildman–Crippen LogP) is 1.15. The molecule has 1 fully saturated rings. The number of aromatic nitrogens is 1. The van der Waals surface area contributed by atoms with Crippen LogP contribution < -0.4 is 4.90 Å². The fourth-order valence-corrected chi connectivity index (χ4v) is 4.05. The smallest absolute Gasteiger partial charge is 0.243 e. The predicted molar refractivity (Wildman–Crippen MR) is 74.2 cm³/mol. The maximum absolute atomic E-state index is 12.0. The number of carbonyl (C=O) groups excluding carboxylic acids is 1. The molecule has 1 aromatic rings. The number of aryl methyl sites for hydroxylation is 1. The molecule has 0 aliphatic carbocycles. The van der Waals surface area contributed by atoms with Crippen LogP contribution in [0.1, 0.15) is 12.1 Å². The van der Waals surface area contributed by atoms with Crippen molar-refractivity contribution in [3.63, 3.8) is 0 Å². The normalized spacial score (nSPS) is 21.3. The Morgan fingerprint density at radius 2 is 2.26 bits per heavy atom. The van der Waals surface area contributed by atoms with Gasteiger partial charge in [0.25, 0.3) is 0 Å². The van der Waals surface area contributed by atoms with E-state index in [4.69, 9.17) is 11.6 Å². The van der Waals surface area contributed by atoms with Crippen LogP contribution >= 0.6 is 11.6 Å². The molecule has 19 heavy (non-hydrogen) atoms. The third-order valence-corrected chi connectivity index (χ3v) is 5.06. The van der Waals surface area contributed by atoms with Crippen LogP contribution in [0.2, 0.25) is 0 Å². The van der Waals surface area contributed by atoms with Gasteiger partial charge in [-0.15, -0.1) is 11.6 Å². The molecule has 2 rings (SSSR count). The number of rotatable bonds is 3. The number of amides is 1. The lowest BCUT2D eigenvalue weighted by Crippen LogP contribution is -2.42. The first-order valence-electron chi connectivity index (χ1n) is 5.95. The van der Waals surface area contributed by atoms with Crippen LogP contribution in [0.15, 0.2) is 18.2 Å². The highest BCUT2D eigenvalue weighted by Crippen LogP contribution is 2.23. The Bertz CT molecular complexity index is 588. The van der Waals surface area contributed by atoms with E-state index in [1.54, 1.807) is 12.1 Å². The summed E-state index contributed by atoms with van der Waals surface area (Å²) in [5.41, 5.74) is 0.769. The number of hydrogen-bond donors (Lipinski definition) is 0. The van der Waals surface area contributed by atoms with Crippen LogP contribution in [0.5, 0.6) is 0 Å². The number of pyridine rings is 1. The first-order chi connectivity index (χ1) is 8.93. The van der Waals surface area contributed by atoms with Gasteiger partial charge in [0.2, 0.25) is 5.91 Å². The molecule has 0 aromatic carbocycles. The van der Waals surface area contributed by atoms with E-state index in [2.05, 4.69) is 4.98 Å². The van der Waals surface area contributed by atoms with Crippen molar-refractivity contribution in [2.45, 2.75) is 19.4 Å². The van der Waals surface area contributed by atoms with Crippen LogP contribution in [-0.2, 0) is 14.6 Å². The Labute approximate surface area is 117 Å². The van der Waals surface area contributed by atoms with Crippen LogP contribution in [0.25, 0.3) is 0 Å². The van der Waals surface area contributed by atoms with E-state index < -0.39 is 9.84 Å². The molecule has 1 aromatic heterocycles. The van der Waals surface area contributed by atoms with E-state index >= 15 is 0 Å². The molecule has 7 heteroatoms. The van der Waals surface area contributed by atoms with Crippen molar-refractivity contribution in [1.82, 2.24) is 4.98 Å². The molecule has 104 valence electrons. The summed E-state index contributed by atoms with van der Waals surface area (Å²) in [6.07, 6.45) is 0.431. The van der Waals surface area contributed by atoms with Crippen LogP contribution in [0, 0.1) is 6.92 Å². The molecule has 0 radical (unpaired) electrons. The van der Waals surface area contributed by atoms with Crippen LogP contribution in [-0.4, -0.2) is 42.7 Å². The van der Waals surface area contributed by atoms with E-state index in [9.17, 15) is 13.2 Å². The van der Waals surface area contributed by atoms with Crippen molar-refractivity contribution in [3.8, 4) is 0 Å². The van der Waals surface area contributed by atoms with E-state index in [0.29, 0.717) is 12.2 Å². The van der Waals surface area contributed by atoms with Gasteiger partial charge in [-0.05, 0) is 25.5 Å². The van der Waals surface area contributed by atoms with E-state index in [0.717, 1.165) is 5.69 Å². The van der Waals surface area contributed by atoms with Crippen molar-refractivity contribution in [2.75, 3.05) is 22.3 Å². The van der Waals surface area contributed by atoms with E-state index in [1.165, 1.54) is 4.90 Å². The summed E-state index contributed by atoms with van der Waals surface area (Å²) < 4.78 is 23.1. The Morgan fingerprint density at radius 1 is 1.53 bits per heavy atom. The monoisotopic (exact) mass is 302 g/mol. The van der Waals surface area contributed by atoms with Crippen molar-refractivity contribution >= 4 is 33.2 Å². The molecule has 0 saturated carbocycles. The number of nitrogens with zero attached hydrogens (tertiary/aromatic N) is 2. The summed E-state index contributed by atoms with van der Waals surface area (Å²) in [7, 11) is -3.07. The second kappa shape index (κ2) is 5.46. The molecular weight excluding hydrogens is 288 g/mol. The average Bonchev–Trinajstić information content (AvgIpc) is 2.69. The lowest BCUT2D eigenvalue weighted by molar-refractivity contribution is -0.116. The van der Waals surface area contributed by atoms with Gasteiger partial charge >= 0.3 is 0 Å². The minimum absolute atomic E-state index is 0.0226. The highest BCUT2D eigenvalue weighted by molar-refractivity contribution is 7.91. The van der Waals surface area contributed by atoms with Gasteiger partial charge in [0, 0.05) is 5.69 Å². The van der Waals surface area contributed by atoms with E-state index in [1.807, 2.05) is 13.0 Å². The van der Waals surface area contributed by atoms with Crippen molar-refractivity contribution in [2.24, 2.45) is 0 Å². The molecule has 5 nitrogen and oxygen atoms in total. The molecule has 0 unspecified atom stereocenters. The number of sulfone groups is 1. The fraction of sp³-hybridized carbons (Fsp3) is 0.500. The minimum atomic E-state index is -3.07. The van der Waals surface area contributed by atoms with Gasteiger partial charge < -0.3 is 0 Å². The van der Waals surface area contributed by atoms with Crippen LogP contribution in [0.3, 0.4) is 0 Å². The van der Waals surface area contributed by atoms with Crippen molar-refractivity contribution < 1.29 is 13.2 Å². The molecule has 1 aliphatic heterocycles. The third-order valence-electron chi connectivity index (χ3n) is 3.08. The molecule has 1 amide bonds. The second-order valence-corrected chi connectivity index (χ2v) is 7.09. The average molecular weight is 303 g/mol. The van der Waals surface area contributed by atoms with Crippen molar-refractivity contribution in [1.29, 1.82) is 0 Å². The number of hydrogen-bond acceptors (Lipinski definition) is 4. The summed E-state index contributed by atoms with van der Waals surface area (Å²) >= 11 is 5.62. The Hall–Kier alpha value is -1.14. The molecule has 2 heterocycles. The quantitative estimate of drug-likeness (QED) is 0.786. The summed E-state index contributed by atoms with van der Waals surface area (Å²) in [5.74, 6) is 0.0436. The molecular formula is C12H15ClN2O3S. The Balaban J connectivity index is 2.35. The summed E-state index contributed by atoms with van der Waals surface area (Å²) in [6, 6.07) is 4.93. The van der Waals surface area contributed by atoms with E-state index in [-0.39, 0.29) is 29.3 Å². The van der Waals surface area contributed by atoms with Gasteiger partial charge in [-0.2, -0.15) is 0 Å². The van der Waals surface area contributed by atoms with Gasteiger partial charge in [-0.3, -0.25) is 9.69 Å². The SMILES string of the molecule is Cc1cccc(N(C(=O)CCl)[C@@H]2CCS(=O)(=O)C2)n1. The first kappa shape index (κ1) is 14.3. The summed E-state index contributed by atoms with van der Waals surface area (Å²) in [5, 5.41) is 0. The van der Waals surface area contributed by atoms with Gasteiger partial charge in [-0.1, -0.05) is 6.07 Å². The largest absolute Gasteiger partial charge is 0.292 e. The summed E-state index contributed by atoms with van der Waals surface area (Å²) in [4.78, 5) is 17.7. The molecule has 0 N–H and O–H groups in total. The second-order valence-electron chi connectivity index (χ2n) is 4.59.